The van der Waals surface area contributed by atoms with Gasteiger partial charge in [-0.15, -0.1) is 0 Å². The van der Waals surface area contributed by atoms with E-state index in [0.29, 0.717) is 6.42 Å². The number of carboxylic acids is 1. The molecule has 3 rings (SSSR count). The van der Waals surface area contributed by atoms with Crippen molar-refractivity contribution in [2.75, 3.05) is 7.05 Å². The van der Waals surface area contributed by atoms with E-state index in [1.807, 2.05) is 79.7 Å². The maximum Gasteiger partial charge on any atom is 0.305 e. The predicted octanol–water partition coefficient (Wildman–Crippen LogP) is 1.90. The highest BCUT2D eigenvalue weighted by atomic mass is 16.4. The summed E-state index contributed by atoms with van der Waals surface area (Å²) in [6.07, 6.45) is 1.18. The molecular formula is C33H41N5O6. The lowest BCUT2D eigenvalue weighted by Gasteiger charge is -2.31. The monoisotopic (exact) mass is 603 g/mol. The minimum absolute atomic E-state index is 0.0613. The molecule has 0 aliphatic carbocycles. The highest BCUT2D eigenvalue weighted by Gasteiger charge is 2.34. The van der Waals surface area contributed by atoms with E-state index in [2.05, 4.69) is 10.6 Å². The number of carboxylic acid groups (broad SMARTS) is 1. The zero-order valence-corrected chi connectivity index (χ0v) is 25.1. The average Bonchev–Trinajstić information content (AvgIpc) is 3.00. The number of amides is 4. The van der Waals surface area contributed by atoms with Gasteiger partial charge in [0.2, 0.25) is 23.6 Å². The molecular weight excluding hydrogens is 562 g/mol. The minimum atomic E-state index is -1.53. The van der Waals surface area contributed by atoms with Crippen LogP contribution in [0.3, 0.4) is 0 Å². The Morgan fingerprint density at radius 3 is 2.14 bits per heavy atom. The Labute approximate surface area is 257 Å². The number of rotatable bonds is 16. The van der Waals surface area contributed by atoms with E-state index in [0.717, 1.165) is 28.3 Å². The van der Waals surface area contributed by atoms with Gasteiger partial charge in [-0.05, 0) is 34.7 Å². The fourth-order valence-corrected chi connectivity index (χ4v) is 5.11. The van der Waals surface area contributed by atoms with E-state index >= 15 is 0 Å². The van der Waals surface area contributed by atoms with Crippen molar-refractivity contribution in [1.82, 2.24) is 15.5 Å². The first-order valence-electron chi connectivity index (χ1n) is 14.7. The lowest BCUT2D eigenvalue weighted by molar-refractivity contribution is -0.143. The summed E-state index contributed by atoms with van der Waals surface area (Å²) < 4.78 is 0. The second kappa shape index (κ2) is 16.2. The molecule has 11 heteroatoms. The number of unbranched alkanes of at least 4 members (excludes halogenated alkanes) is 1. The number of likely N-dealkylation sites (N-methyl/N-ethyl adjacent to an activating group) is 1. The van der Waals surface area contributed by atoms with Crippen molar-refractivity contribution in [2.24, 2.45) is 11.5 Å². The first kappa shape index (κ1) is 33.7. The molecule has 0 aliphatic rings. The number of nitrogens with two attached hydrogens (primary N) is 2. The normalized spacial score (nSPS) is 13.7. The van der Waals surface area contributed by atoms with Crippen LogP contribution >= 0.6 is 0 Å². The van der Waals surface area contributed by atoms with Gasteiger partial charge in [0.25, 0.3) is 0 Å². The number of nitrogens with one attached hydrogen (secondary N) is 2. The minimum Gasteiger partial charge on any atom is -0.481 e. The molecule has 3 aromatic rings. The van der Waals surface area contributed by atoms with E-state index < -0.39 is 60.2 Å². The van der Waals surface area contributed by atoms with Crippen LogP contribution in [0.15, 0.2) is 72.8 Å². The van der Waals surface area contributed by atoms with Gasteiger partial charge >= 0.3 is 5.97 Å². The smallest absolute Gasteiger partial charge is 0.305 e. The molecule has 11 nitrogen and oxygen atoms in total. The number of benzene rings is 3. The first-order valence-corrected chi connectivity index (χ1v) is 14.7. The lowest BCUT2D eigenvalue weighted by Crippen LogP contribution is -2.58. The third-order valence-electron chi connectivity index (χ3n) is 7.54. The number of hydrogen-bond acceptors (Lipinski definition) is 6. The van der Waals surface area contributed by atoms with Crippen molar-refractivity contribution in [1.29, 1.82) is 0 Å². The zero-order valence-electron chi connectivity index (χ0n) is 25.1. The SMILES string of the molecule is CCCC[C@@H](C(=O)N[C@@H](CC(=O)O)C(=O)N[C@@H](Cc1cccc2ccccc12)C(N)=O)N(C)C(=O)[C@@H](N)Cc1ccccc1. The number of carbonyl (C=O) groups is 5. The van der Waals surface area contributed by atoms with Crippen molar-refractivity contribution < 1.29 is 29.1 Å². The number of carbonyl (C=O) groups excluding carboxylic acids is 4. The van der Waals surface area contributed by atoms with E-state index in [1.54, 1.807) is 0 Å². The molecule has 0 saturated carbocycles. The molecule has 234 valence electrons. The maximum absolute atomic E-state index is 13.5. The van der Waals surface area contributed by atoms with Gasteiger partial charge in [-0.1, -0.05) is 92.6 Å². The van der Waals surface area contributed by atoms with Gasteiger partial charge in [-0.25, -0.2) is 0 Å². The molecule has 7 N–H and O–H groups in total. The second-order valence-electron chi connectivity index (χ2n) is 10.9. The molecule has 0 bridgehead atoms. The zero-order chi connectivity index (χ0) is 32.2. The fourth-order valence-electron chi connectivity index (χ4n) is 5.11. The van der Waals surface area contributed by atoms with Gasteiger partial charge in [0, 0.05) is 13.5 Å². The van der Waals surface area contributed by atoms with Gasteiger partial charge in [0.05, 0.1) is 12.5 Å². The molecule has 4 amide bonds. The lowest BCUT2D eigenvalue weighted by atomic mass is 9.98. The van der Waals surface area contributed by atoms with Crippen molar-refractivity contribution in [2.45, 2.75) is 69.6 Å². The summed E-state index contributed by atoms with van der Waals surface area (Å²) >= 11 is 0. The van der Waals surface area contributed by atoms with Crippen LogP contribution in [0.1, 0.15) is 43.7 Å². The fraction of sp³-hybridized carbons (Fsp3) is 0.364. The summed E-state index contributed by atoms with van der Waals surface area (Å²) in [4.78, 5) is 65.4. The van der Waals surface area contributed by atoms with E-state index in [4.69, 9.17) is 11.5 Å². The molecule has 0 radical (unpaired) electrons. The average molecular weight is 604 g/mol. The summed E-state index contributed by atoms with van der Waals surface area (Å²) in [5.41, 5.74) is 13.5. The number of primary amides is 1. The standard InChI is InChI=1S/C33H41N5O6/c1-3-4-17-28(38(2)33(44)25(34)18-21-11-6-5-7-12-21)32(43)37-27(20-29(39)40)31(42)36-26(30(35)41)19-23-15-10-14-22-13-8-9-16-24(22)23/h5-16,25-28H,3-4,17-20,34H2,1-2H3,(H2,35,41)(H,36,42)(H,37,43)(H,39,40)/t25-,26-,27-,28-/m0/s1. The maximum atomic E-state index is 13.5. The van der Waals surface area contributed by atoms with Crippen LogP contribution in [-0.4, -0.2) is 70.8 Å². The highest BCUT2D eigenvalue weighted by molar-refractivity contribution is 5.96. The van der Waals surface area contributed by atoms with Gasteiger partial charge in [-0.3, -0.25) is 24.0 Å². The number of nitrogens with zero attached hydrogens (tertiary/aromatic N) is 1. The van der Waals surface area contributed by atoms with Gasteiger partial charge < -0.3 is 32.1 Å². The van der Waals surface area contributed by atoms with Crippen LogP contribution in [0.5, 0.6) is 0 Å². The van der Waals surface area contributed by atoms with E-state index in [9.17, 15) is 29.1 Å². The van der Waals surface area contributed by atoms with Gasteiger partial charge in [0.1, 0.15) is 18.1 Å². The Balaban J connectivity index is 1.76. The quantitative estimate of drug-likeness (QED) is 0.165. The van der Waals surface area contributed by atoms with Crippen molar-refractivity contribution >= 4 is 40.4 Å². The van der Waals surface area contributed by atoms with Crippen LogP contribution in [0, 0.1) is 0 Å². The third kappa shape index (κ3) is 9.37. The molecule has 0 unspecified atom stereocenters. The van der Waals surface area contributed by atoms with Crippen LogP contribution in [-0.2, 0) is 36.8 Å². The Bertz CT molecular complexity index is 1460. The van der Waals surface area contributed by atoms with E-state index in [1.165, 1.54) is 11.9 Å². The summed E-state index contributed by atoms with van der Waals surface area (Å²) in [5, 5.41) is 16.4. The highest BCUT2D eigenvalue weighted by Crippen LogP contribution is 2.20. The summed E-state index contributed by atoms with van der Waals surface area (Å²) in [6, 6.07) is 17.7. The number of hydrogen-bond donors (Lipinski definition) is 5. The second-order valence-corrected chi connectivity index (χ2v) is 10.9. The van der Waals surface area contributed by atoms with Gasteiger partial charge in [-0.2, -0.15) is 0 Å². The van der Waals surface area contributed by atoms with Crippen LogP contribution in [0.25, 0.3) is 10.8 Å². The summed E-state index contributed by atoms with van der Waals surface area (Å²) in [7, 11) is 1.46. The topological polar surface area (TPSA) is 185 Å². The Hall–Kier alpha value is -4.77. The van der Waals surface area contributed by atoms with Crippen molar-refractivity contribution in [3.63, 3.8) is 0 Å². The van der Waals surface area contributed by atoms with Crippen LogP contribution in [0.4, 0.5) is 0 Å². The summed E-state index contributed by atoms with van der Waals surface area (Å²) in [5.74, 6) is -4.20. The Kier molecular flexibility index (Phi) is 12.4. The molecule has 4 atom stereocenters. The molecule has 0 saturated heterocycles. The molecule has 0 fully saturated rings. The third-order valence-corrected chi connectivity index (χ3v) is 7.54. The Morgan fingerprint density at radius 2 is 1.48 bits per heavy atom. The predicted molar refractivity (Wildman–Crippen MR) is 167 cm³/mol. The molecule has 0 spiro atoms. The molecule has 0 heterocycles. The van der Waals surface area contributed by atoms with E-state index in [-0.39, 0.29) is 19.3 Å². The first-order chi connectivity index (χ1) is 21.0. The van der Waals surface area contributed by atoms with Crippen molar-refractivity contribution in [3.8, 4) is 0 Å². The van der Waals surface area contributed by atoms with Gasteiger partial charge in [0.15, 0.2) is 0 Å². The summed E-state index contributed by atoms with van der Waals surface area (Å²) in [6.45, 7) is 1.93. The molecule has 0 aliphatic heterocycles. The molecule has 44 heavy (non-hydrogen) atoms. The number of fused-ring (bicyclic) bond motifs is 1. The van der Waals surface area contributed by atoms with Crippen LogP contribution in [0.2, 0.25) is 0 Å². The Morgan fingerprint density at radius 1 is 0.841 bits per heavy atom. The van der Waals surface area contributed by atoms with Crippen molar-refractivity contribution in [3.05, 3.63) is 83.9 Å². The molecule has 0 aromatic heterocycles. The van der Waals surface area contributed by atoms with Crippen LogP contribution < -0.4 is 22.1 Å². The number of aliphatic carboxylic acids is 1. The molecule has 3 aromatic carbocycles. The largest absolute Gasteiger partial charge is 0.481 e.